The van der Waals surface area contributed by atoms with Crippen molar-refractivity contribution in [2.75, 3.05) is 17.2 Å². The van der Waals surface area contributed by atoms with Crippen LogP contribution in [0.25, 0.3) is 0 Å². The van der Waals surface area contributed by atoms with E-state index < -0.39 is 4.92 Å². The number of nitrogens with two attached hydrogens (primary N) is 1. The van der Waals surface area contributed by atoms with E-state index in [0.717, 1.165) is 25.2 Å². The first-order valence-corrected chi connectivity index (χ1v) is 6.31. The van der Waals surface area contributed by atoms with E-state index in [1.54, 1.807) is 6.07 Å². The van der Waals surface area contributed by atoms with Gasteiger partial charge < -0.3 is 10.6 Å². The molecule has 98 valence electrons. The SMILES string of the molecule is CCN(c1ccc([N+](=O)[O-])c(N)n1)C1CCCC1. The molecule has 2 rings (SSSR count). The van der Waals surface area contributed by atoms with Crippen LogP contribution in [0.5, 0.6) is 0 Å². The van der Waals surface area contributed by atoms with Crippen molar-refractivity contribution in [3.05, 3.63) is 22.2 Å². The van der Waals surface area contributed by atoms with Gasteiger partial charge in [0, 0.05) is 18.7 Å². The fourth-order valence-corrected chi connectivity index (χ4v) is 2.59. The quantitative estimate of drug-likeness (QED) is 0.654. The van der Waals surface area contributed by atoms with Crippen molar-refractivity contribution >= 4 is 17.3 Å². The Kier molecular flexibility index (Phi) is 3.64. The number of aromatic nitrogens is 1. The van der Waals surface area contributed by atoms with Crippen LogP contribution in [0.1, 0.15) is 32.6 Å². The zero-order chi connectivity index (χ0) is 13.1. The van der Waals surface area contributed by atoms with Crippen LogP contribution in [0, 0.1) is 10.1 Å². The van der Waals surface area contributed by atoms with E-state index >= 15 is 0 Å². The molecular weight excluding hydrogens is 232 g/mol. The molecule has 6 heteroatoms. The fourth-order valence-electron chi connectivity index (χ4n) is 2.59. The van der Waals surface area contributed by atoms with Gasteiger partial charge in [0.05, 0.1) is 4.92 Å². The molecule has 1 fully saturated rings. The fraction of sp³-hybridized carbons (Fsp3) is 0.583. The van der Waals surface area contributed by atoms with Gasteiger partial charge in [0.15, 0.2) is 0 Å². The van der Waals surface area contributed by atoms with Crippen molar-refractivity contribution in [2.24, 2.45) is 0 Å². The second-order valence-electron chi connectivity index (χ2n) is 4.56. The molecule has 0 bridgehead atoms. The Bertz CT molecular complexity index is 444. The summed E-state index contributed by atoms with van der Waals surface area (Å²) in [7, 11) is 0. The molecule has 0 radical (unpaired) electrons. The Labute approximate surface area is 106 Å². The van der Waals surface area contributed by atoms with Crippen LogP contribution >= 0.6 is 0 Å². The summed E-state index contributed by atoms with van der Waals surface area (Å²) < 4.78 is 0. The minimum absolute atomic E-state index is 0.00560. The van der Waals surface area contributed by atoms with E-state index in [1.165, 1.54) is 18.9 Å². The molecule has 0 amide bonds. The van der Waals surface area contributed by atoms with Gasteiger partial charge in [-0.25, -0.2) is 4.98 Å². The molecule has 0 aromatic carbocycles. The summed E-state index contributed by atoms with van der Waals surface area (Å²) in [4.78, 5) is 16.6. The largest absolute Gasteiger partial charge is 0.378 e. The van der Waals surface area contributed by atoms with Gasteiger partial charge in [-0.1, -0.05) is 12.8 Å². The molecule has 2 N–H and O–H groups in total. The number of nitro groups is 1. The third-order valence-corrected chi connectivity index (χ3v) is 3.48. The molecule has 1 aromatic heterocycles. The van der Waals surface area contributed by atoms with Gasteiger partial charge in [-0.3, -0.25) is 10.1 Å². The van der Waals surface area contributed by atoms with Crippen LogP contribution in [0.3, 0.4) is 0 Å². The highest BCUT2D eigenvalue weighted by Gasteiger charge is 2.24. The minimum Gasteiger partial charge on any atom is -0.378 e. The lowest BCUT2D eigenvalue weighted by atomic mass is 10.2. The topological polar surface area (TPSA) is 85.3 Å². The van der Waals surface area contributed by atoms with Gasteiger partial charge >= 0.3 is 5.69 Å². The summed E-state index contributed by atoms with van der Waals surface area (Å²) in [5.41, 5.74) is 5.51. The van der Waals surface area contributed by atoms with Crippen LogP contribution in [-0.2, 0) is 0 Å². The number of hydrogen-bond donors (Lipinski definition) is 1. The van der Waals surface area contributed by atoms with E-state index in [-0.39, 0.29) is 11.5 Å². The standard InChI is InChI=1S/C12H18N4O2/c1-2-15(9-5-3-4-6-9)11-8-7-10(16(17)18)12(13)14-11/h7-9H,2-6H2,1H3,(H2,13,14). The van der Waals surface area contributed by atoms with Gasteiger partial charge in [0.2, 0.25) is 5.82 Å². The summed E-state index contributed by atoms with van der Waals surface area (Å²) in [5, 5.41) is 10.7. The Morgan fingerprint density at radius 3 is 2.67 bits per heavy atom. The number of anilines is 2. The van der Waals surface area contributed by atoms with Gasteiger partial charge in [0.25, 0.3) is 0 Å². The first-order chi connectivity index (χ1) is 8.63. The predicted molar refractivity (Wildman–Crippen MR) is 70.6 cm³/mol. The first-order valence-electron chi connectivity index (χ1n) is 6.31. The molecule has 0 unspecified atom stereocenters. The van der Waals surface area contributed by atoms with Gasteiger partial charge in [-0.15, -0.1) is 0 Å². The zero-order valence-electron chi connectivity index (χ0n) is 10.5. The Hall–Kier alpha value is -1.85. The normalized spacial score (nSPS) is 15.8. The van der Waals surface area contributed by atoms with Crippen LogP contribution in [0.15, 0.2) is 12.1 Å². The van der Waals surface area contributed by atoms with Crippen LogP contribution in [0.2, 0.25) is 0 Å². The van der Waals surface area contributed by atoms with Crippen molar-refractivity contribution < 1.29 is 4.92 Å². The smallest absolute Gasteiger partial charge is 0.311 e. The Morgan fingerprint density at radius 1 is 1.50 bits per heavy atom. The minimum atomic E-state index is -0.502. The maximum Gasteiger partial charge on any atom is 0.311 e. The number of nitrogen functional groups attached to an aromatic ring is 1. The highest BCUT2D eigenvalue weighted by atomic mass is 16.6. The lowest BCUT2D eigenvalue weighted by Gasteiger charge is -2.28. The summed E-state index contributed by atoms with van der Waals surface area (Å²) >= 11 is 0. The number of hydrogen-bond acceptors (Lipinski definition) is 5. The first kappa shape index (κ1) is 12.6. The van der Waals surface area contributed by atoms with Crippen molar-refractivity contribution in [3.8, 4) is 0 Å². The van der Waals surface area contributed by atoms with E-state index in [4.69, 9.17) is 5.73 Å². The van der Waals surface area contributed by atoms with E-state index in [1.807, 2.05) is 0 Å². The van der Waals surface area contributed by atoms with E-state index in [0.29, 0.717) is 6.04 Å². The summed E-state index contributed by atoms with van der Waals surface area (Å²) in [6.07, 6.45) is 4.80. The third kappa shape index (κ3) is 2.37. The molecule has 0 atom stereocenters. The Balaban J connectivity index is 2.26. The molecule has 1 heterocycles. The number of rotatable bonds is 4. The molecule has 0 aliphatic heterocycles. The van der Waals surface area contributed by atoms with Gasteiger partial charge in [-0.2, -0.15) is 0 Å². The van der Waals surface area contributed by atoms with Crippen LogP contribution < -0.4 is 10.6 Å². The van der Waals surface area contributed by atoms with Crippen molar-refractivity contribution in [2.45, 2.75) is 38.6 Å². The molecular formula is C12H18N4O2. The molecule has 18 heavy (non-hydrogen) atoms. The molecule has 1 saturated carbocycles. The van der Waals surface area contributed by atoms with E-state index in [9.17, 15) is 10.1 Å². The maximum atomic E-state index is 10.7. The number of nitrogens with zero attached hydrogens (tertiary/aromatic N) is 3. The molecule has 1 aromatic rings. The summed E-state index contributed by atoms with van der Waals surface area (Å²) in [5.74, 6) is 0.737. The van der Waals surface area contributed by atoms with Crippen molar-refractivity contribution in [3.63, 3.8) is 0 Å². The molecule has 1 aliphatic carbocycles. The zero-order valence-corrected chi connectivity index (χ0v) is 10.5. The highest BCUT2D eigenvalue weighted by molar-refractivity contribution is 5.58. The summed E-state index contributed by atoms with van der Waals surface area (Å²) in [6.45, 7) is 2.91. The van der Waals surface area contributed by atoms with Gasteiger partial charge in [-0.05, 0) is 25.8 Å². The van der Waals surface area contributed by atoms with Crippen LogP contribution in [-0.4, -0.2) is 22.5 Å². The third-order valence-electron chi connectivity index (χ3n) is 3.48. The second-order valence-corrected chi connectivity index (χ2v) is 4.56. The lowest BCUT2D eigenvalue weighted by molar-refractivity contribution is -0.384. The molecule has 1 aliphatic rings. The Morgan fingerprint density at radius 2 is 2.17 bits per heavy atom. The molecule has 0 saturated heterocycles. The van der Waals surface area contributed by atoms with Crippen molar-refractivity contribution in [1.29, 1.82) is 0 Å². The van der Waals surface area contributed by atoms with E-state index in [2.05, 4.69) is 16.8 Å². The average molecular weight is 250 g/mol. The van der Waals surface area contributed by atoms with Gasteiger partial charge in [0.1, 0.15) is 5.82 Å². The molecule has 0 spiro atoms. The highest BCUT2D eigenvalue weighted by Crippen LogP contribution is 2.29. The van der Waals surface area contributed by atoms with Crippen molar-refractivity contribution in [1.82, 2.24) is 4.98 Å². The number of pyridine rings is 1. The van der Waals surface area contributed by atoms with Crippen LogP contribution in [0.4, 0.5) is 17.3 Å². The monoisotopic (exact) mass is 250 g/mol. The molecule has 6 nitrogen and oxygen atoms in total. The predicted octanol–water partition coefficient (Wildman–Crippen LogP) is 2.34. The second kappa shape index (κ2) is 5.20. The summed E-state index contributed by atoms with van der Waals surface area (Å²) in [6, 6.07) is 3.62. The lowest BCUT2D eigenvalue weighted by Crippen LogP contribution is -2.33. The maximum absolute atomic E-state index is 10.7. The average Bonchev–Trinajstić information content (AvgIpc) is 2.83.